The van der Waals surface area contributed by atoms with E-state index in [1.54, 1.807) is 0 Å². The number of benzene rings is 2. The number of nitro groups is 1. The van der Waals surface area contributed by atoms with Crippen molar-refractivity contribution < 1.29 is 27.3 Å². The molecule has 0 aromatic heterocycles. The molecule has 0 amide bonds. The second-order valence-electron chi connectivity index (χ2n) is 4.55. The monoisotopic (exact) mass is 354 g/mol. The molecule has 10 heteroatoms. The summed E-state index contributed by atoms with van der Waals surface area (Å²) in [5, 5.41) is 10.7. The van der Waals surface area contributed by atoms with Gasteiger partial charge in [0.25, 0.3) is 10.0 Å². The third-order valence-electron chi connectivity index (χ3n) is 2.96. The summed E-state index contributed by atoms with van der Waals surface area (Å²) in [5.41, 5.74) is -1.03. The van der Waals surface area contributed by atoms with Gasteiger partial charge in [0.15, 0.2) is 0 Å². The Morgan fingerprint density at radius 2 is 1.96 bits per heavy atom. The van der Waals surface area contributed by atoms with Gasteiger partial charge in [0.2, 0.25) is 5.82 Å². The predicted octanol–water partition coefficient (Wildman–Crippen LogP) is 2.32. The smallest absolute Gasteiger partial charge is 0.337 e. The molecule has 2 aromatic rings. The van der Waals surface area contributed by atoms with Crippen molar-refractivity contribution >= 4 is 27.4 Å². The van der Waals surface area contributed by atoms with Crippen LogP contribution in [0.1, 0.15) is 10.4 Å². The number of rotatable bonds is 5. The van der Waals surface area contributed by atoms with E-state index >= 15 is 0 Å². The fraction of sp³-hybridized carbons (Fsp3) is 0.0714. The maximum absolute atomic E-state index is 13.3. The van der Waals surface area contributed by atoms with E-state index in [2.05, 4.69) is 9.46 Å². The van der Waals surface area contributed by atoms with Gasteiger partial charge in [0.05, 0.1) is 28.2 Å². The van der Waals surface area contributed by atoms with Crippen molar-refractivity contribution in [3.8, 4) is 0 Å². The molecule has 1 N–H and O–H groups in total. The van der Waals surface area contributed by atoms with Crippen molar-refractivity contribution in [3.63, 3.8) is 0 Å². The molecule has 0 aliphatic carbocycles. The molecule has 0 spiro atoms. The number of nitro benzene ring substituents is 1. The van der Waals surface area contributed by atoms with E-state index in [4.69, 9.17) is 0 Å². The molecule has 0 unspecified atom stereocenters. The van der Waals surface area contributed by atoms with Gasteiger partial charge in [-0.25, -0.2) is 13.2 Å². The summed E-state index contributed by atoms with van der Waals surface area (Å²) in [6.07, 6.45) is 0. The molecular weight excluding hydrogens is 343 g/mol. The zero-order chi connectivity index (χ0) is 17.9. The highest BCUT2D eigenvalue weighted by Crippen LogP contribution is 2.24. The third kappa shape index (κ3) is 3.66. The highest BCUT2D eigenvalue weighted by molar-refractivity contribution is 7.92. The Morgan fingerprint density at radius 3 is 2.58 bits per heavy atom. The number of nitrogens with zero attached hydrogens (tertiary/aromatic N) is 1. The van der Waals surface area contributed by atoms with Crippen LogP contribution in [0.25, 0.3) is 0 Å². The summed E-state index contributed by atoms with van der Waals surface area (Å²) in [6, 6.07) is 7.61. The van der Waals surface area contributed by atoms with Crippen LogP contribution in [0.2, 0.25) is 0 Å². The number of ether oxygens (including phenoxy) is 1. The molecule has 0 bridgehead atoms. The molecule has 0 saturated heterocycles. The lowest BCUT2D eigenvalue weighted by atomic mass is 10.2. The number of carbonyl (C=O) groups excluding carboxylic acids is 1. The van der Waals surface area contributed by atoms with E-state index in [-0.39, 0.29) is 16.1 Å². The van der Waals surface area contributed by atoms with E-state index in [0.717, 1.165) is 31.4 Å². The summed E-state index contributed by atoms with van der Waals surface area (Å²) in [4.78, 5) is 20.9. The fourth-order valence-corrected chi connectivity index (χ4v) is 2.93. The van der Waals surface area contributed by atoms with E-state index in [0.29, 0.717) is 0 Å². The Morgan fingerprint density at radius 1 is 1.25 bits per heavy atom. The number of esters is 1. The van der Waals surface area contributed by atoms with E-state index in [1.165, 1.54) is 18.2 Å². The summed E-state index contributed by atoms with van der Waals surface area (Å²) in [7, 11) is -2.98. The van der Waals surface area contributed by atoms with Crippen LogP contribution in [0, 0.1) is 15.9 Å². The van der Waals surface area contributed by atoms with Crippen molar-refractivity contribution in [2.75, 3.05) is 11.8 Å². The molecule has 0 heterocycles. The lowest BCUT2D eigenvalue weighted by Crippen LogP contribution is -2.14. The van der Waals surface area contributed by atoms with E-state index in [1.807, 2.05) is 0 Å². The largest absolute Gasteiger partial charge is 0.465 e. The topological polar surface area (TPSA) is 116 Å². The van der Waals surface area contributed by atoms with Crippen LogP contribution in [0.3, 0.4) is 0 Å². The van der Waals surface area contributed by atoms with E-state index in [9.17, 15) is 27.7 Å². The van der Waals surface area contributed by atoms with Gasteiger partial charge >= 0.3 is 11.7 Å². The molecule has 8 nitrogen and oxygen atoms in total. The first-order valence-electron chi connectivity index (χ1n) is 6.40. The minimum absolute atomic E-state index is 0.0189. The average molecular weight is 354 g/mol. The Kier molecular flexibility index (Phi) is 4.79. The van der Waals surface area contributed by atoms with Crippen LogP contribution in [0.5, 0.6) is 0 Å². The Labute approximate surface area is 136 Å². The predicted molar refractivity (Wildman–Crippen MR) is 81.6 cm³/mol. The number of carbonyl (C=O) groups is 1. The molecule has 0 fully saturated rings. The summed E-state index contributed by atoms with van der Waals surface area (Å²) in [5.74, 6) is -1.81. The second kappa shape index (κ2) is 6.62. The van der Waals surface area contributed by atoms with Crippen LogP contribution in [0.4, 0.5) is 15.8 Å². The summed E-state index contributed by atoms with van der Waals surface area (Å²) in [6.45, 7) is 0. The van der Waals surface area contributed by atoms with E-state index < -0.39 is 32.4 Å². The number of sulfonamides is 1. The van der Waals surface area contributed by atoms with Gasteiger partial charge in [-0.3, -0.25) is 14.8 Å². The van der Waals surface area contributed by atoms with Crippen molar-refractivity contribution in [1.29, 1.82) is 0 Å². The van der Waals surface area contributed by atoms with Gasteiger partial charge in [0.1, 0.15) is 0 Å². The molecule has 24 heavy (non-hydrogen) atoms. The number of methoxy groups -OCH3 is 1. The van der Waals surface area contributed by atoms with Crippen LogP contribution >= 0.6 is 0 Å². The molecule has 0 radical (unpaired) electrons. The number of hydrogen-bond acceptors (Lipinski definition) is 6. The lowest BCUT2D eigenvalue weighted by molar-refractivity contribution is -0.387. The van der Waals surface area contributed by atoms with Crippen molar-refractivity contribution in [1.82, 2.24) is 0 Å². The second-order valence-corrected chi connectivity index (χ2v) is 6.23. The SMILES string of the molecule is COC(=O)c1cccc(S(=O)(=O)Nc2ccc(F)c([N+](=O)[O-])c2)c1. The zero-order valence-corrected chi connectivity index (χ0v) is 13.0. The standard InChI is InChI=1S/C14H11FN2O6S/c1-23-14(18)9-3-2-4-11(7-9)24(21,22)16-10-5-6-12(15)13(8-10)17(19)20/h2-8,16H,1H3. The van der Waals surface area contributed by atoms with Crippen LogP contribution in [-0.4, -0.2) is 26.4 Å². The first-order valence-corrected chi connectivity index (χ1v) is 7.88. The molecule has 2 aromatic carbocycles. The molecule has 0 atom stereocenters. The lowest BCUT2D eigenvalue weighted by Gasteiger charge is -2.09. The first-order chi connectivity index (χ1) is 11.2. The molecule has 126 valence electrons. The number of nitrogens with one attached hydrogen (secondary N) is 1. The molecule has 2 rings (SSSR count). The number of anilines is 1. The summed E-state index contributed by atoms with van der Waals surface area (Å²) >= 11 is 0. The average Bonchev–Trinajstić information content (AvgIpc) is 2.55. The number of halogens is 1. The quantitative estimate of drug-likeness (QED) is 0.500. The van der Waals surface area contributed by atoms with Crippen molar-refractivity contribution in [2.24, 2.45) is 0 Å². The van der Waals surface area contributed by atoms with Crippen LogP contribution in [0.15, 0.2) is 47.4 Å². The minimum atomic E-state index is -4.14. The Bertz CT molecular complexity index is 913. The Balaban J connectivity index is 2.37. The highest BCUT2D eigenvalue weighted by atomic mass is 32.2. The Hall–Kier alpha value is -3.01. The van der Waals surface area contributed by atoms with Gasteiger partial charge in [-0.2, -0.15) is 4.39 Å². The maximum atomic E-state index is 13.3. The minimum Gasteiger partial charge on any atom is -0.465 e. The first kappa shape index (κ1) is 17.3. The highest BCUT2D eigenvalue weighted by Gasteiger charge is 2.20. The third-order valence-corrected chi connectivity index (χ3v) is 4.34. The zero-order valence-electron chi connectivity index (χ0n) is 12.2. The van der Waals surface area contributed by atoms with Gasteiger partial charge in [0, 0.05) is 6.07 Å². The molecule has 0 aliphatic rings. The van der Waals surface area contributed by atoms with Gasteiger partial charge in [-0.05, 0) is 30.3 Å². The van der Waals surface area contributed by atoms with Crippen molar-refractivity contribution in [2.45, 2.75) is 4.90 Å². The molecular formula is C14H11FN2O6S. The fourth-order valence-electron chi connectivity index (χ4n) is 1.84. The van der Waals surface area contributed by atoms with Gasteiger partial charge < -0.3 is 4.74 Å². The maximum Gasteiger partial charge on any atom is 0.337 e. The van der Waals surface area contributed by atoms with Crippen LogP contribution < -0.4 is 4.72 Å². The van der Waals surface area contributed by atoms with Crippen LogP contribution in [-0.2, 0) is 14.8 Å². The summed E-state index contributed by atoms with van der Waals surface area (Å²) < 4.78 is 44.5. The van der Waals surface area contributed by atoms with Crippen molar-refractivity contribution in [3.05, 3.63) is 64.0 Å². The molecule has 0 aliphatic heterocycles. The molecule has 0 saturated carbocycles. The number of hydrogen-bond donors (Lipinski definition) is 1. The van der Waals surface area contributed by atoms with Gasteiger partial charge in [-0.1, -0.05) is 6.07 Å². The van der Waals surface area contributed by atoms with Gasteiger partial charge in [-0.15, -0.1) is 0 Å². The normalized spacial score (nSPS) is 10.9.